The van der Waals surface area contributed by atoms with Crippen LogP contribution in [0.4, 0.5) is 0 Å². The zero-order valence-corrected chi connectivity index (χ0v) is 16.9. The van der Waals surface area contributed by atoms with Crippen molar-refractivity contribution in [2.24, 2.45) is 0 Å². The van der Waals surface area contributed by atoms with E-state index >= 15 is 0 Å². The molecule has 3 aromatic rings. The summed E-state index contributed by atoms with van der Waals surface area (Å²) in [4.78, 5) is 11.0. The molecule has 0 radical (unpaired) electrons. The monoisotopic (exact) mass is 395 g/mol. The molecule has 0 saturated heterocycles. The molecule has 0 bridgehead atoms. The highest BCUT2D eigenvalue weighted by Crippen LogP contribution is 2.54. The number of hydrogen-bond donors (Lipinski definition) is 2. The molecule has 0 amide bonds. The number of rotatable bonds is 9. The van der Waals surface area contributed by atoms with Gasteiger partial charge in [-0.2, -0.15) is 0 Å². The zero-order valence-electron chi connectivity index (χ0n) is 16.0. The Hall–Kier alpha value is -2.39. The number of benzene rings is 3. The average molecular weight is 395 g/mol. The number of aryl methyl sites for hydroxylation is 1. The molecule has 0 aliphatic carbocycles. The lowest BCUT2D eigenvalue weighted by molar-refractivity contribution is 0.414. The van der Waals surface area contributed by atoms with E-state index in [1.165, 1.54) is 0 Å². The van der Waals surface area contributed by atoms with Gasteiger partial charge in [-0.1, -0.05) is 72.8 Å². The maximum Gasteiger partial charge on any atom is 0.221 e. The molecule has 2 unspecified atom stereocenters. The lowest BCUT2D eigenvalue weighted by Crippen LogP contribution is -2.22. The second-order valence-electron chi connectivity index (χ2n) is 6.76. The van der Waals surface area contributed by atoms with Crippen molar-refractivity contribution in [1.29, 1.82) is 0 Å². The third kappa shape index (κ3) is 5.56. The molecule has 0 heterocycles. The van der Waals surface area contributed by atoms with Crippen molar-refractivity contribution in [1.82, 2.24) is 5.32 Å². The van der Waals surface area contributed by atoms with E-state index in [1.54, 1.807) is 7.11 Å². The van der Waals surface area contributed by atoms with Crippen LogP contribution in [0.3, 0.4) is 0 Å². The normalized spacial score (nSPS) is 14.2. The van der Waals surface area contributed by atoms with Crippen LogP contribution in [0, 0.1) is 0 Å². The van der Waals surface area contributed by atoms with Crippen molar-refractivity contribution >= 4 is 7.37 Å². The summed E-state index contributed by atoms with van der Waals surface area (Å²) in [6.07, 6.45) is 0.782. The van der Waals surface area contributed by atoms with E-state index in [2.05, 4.69) is 5.32 Å². The van der Waals surface area contributed by atoms with Gasteiger partial charge >= 0.3 is 0 Å². The number of ether oxygens (including phenoxy) is 1. The Bertz CT molecular complexity index is 898. The highest BCUT2D eigenvalue weighted by Gasteiger charge is 2.31. The minimum Gasteiger partial charge on any atom is -0.497 e. The molecule has 2 atom stereocenters. The first-order valence-corrected chi connectivity index (χ1v) is 11.3. The Kier molecular flexibility index (Phi) is 7.05. The van der Waals surface area contributed by atoms with Gasteiger partial charge in [-0.25, -0.2) is 0 Å². The molecule has 0 aliphatic rings. The second kappa shape index (κ2) is 9.70. The molecule has 4 nitrogen and oxygen atoms in total. The van der Waals surface area contributed by atoms with Crippen LogP contribution in [-0.2, 0) is 17.5 Å². The van der Waals surface area contributed by atoms with E-state index in [4.69, 9.17) is 4.74 Å². The van der Waals surface area contributed by atoms with Crippen molar-refractivity contribution in [3.05, 3.63) is 102 Å². The van der Waals surface area contributed by atoms with Crippen LogP contribution in [0.25, 0.3) is 0 Å². The van der Waals surface area contributed by atoms with Crippen LogP contribution in [0.1, 0.15) is 22.5 Å². The third-order valence-corrected chi connectivity index (χ3v) is 6.89. The Balaban J connectivity index is 1.79. The van der Waals surface area contributed by atoms with Crippen LogP contribution in [0.15, 0.2) is 84.9 Å². The second-order valence-corrected chi connectivity index (χ2v) is 9.23. The SMILES string of the molecule is COc1ccc(C(NCc2ccccc2)P(=O)(O)CCc2ccccc2)cc1. The number of hydrogen-bond acceptors (Lipinski definition) is 3. The van der Waals surface area contributed by atoms with Gasteiger partial charge in [-0.15, -0.1) is 0 Å². The molecular weight excluding hydrogens is 369 g/mol. The number of nitrogens with one attached hydrogen (secondary N) is 1. The van der Waals surface area contributed by atoms with E-state index in [-0.39, 0.29) is 6.16 Å². The summed E-state index contributed by atoms with van der Waals surface area (Å²) in [6, 6.07) is 27.1. The van der Waals surface area contributed by atoms with Crippen molar-refractivity contribution in [3.8, 4) is 5.75 Å². The van der Waals surface area contributed by atoms with E-state index in [0.717, 1.165) is 22.4 Å². The van der Waals surface area contributed by atoms with Crippen molar-refractivity contribution in [3.63, 3.8) is 0 Å². The molecule has 3 rings (SSSR count). The summed E-state index contributed by atoms with van der Waals surface area (Å²) < 4.78 is 18.5. The highest BCUT2D eigenvalue weighted by atomic mass is 31.2. The molecule has 5 heteroatoms. The highest BCUT2D eigenvalue weighted by molar-refractivity contribution is 7.58. The smallest absolute Gasteiger partial charge is 0.221 e. The summed E-state index contributed by atoms with van der Waals surface area (Å²) >= 11 is 0. The fourth-order valence-electron chi connectivity index (χ4n) is 3.15. The molecule has 3 aromatic carbocycles. The largest absolute Gasteiger partial charge is 0.497 e. The Labute approximate surface area is 166 Å². The Morgan fingerprint density at radius 3 is 2.04 bits per heavy atom. The van der Waals surface area contributed by atoms with E-state index < -0.39 is 13.2 Å². The van der Waals surface area contributed by atoms with Crippen LogP contribution in [0.2, 0.25) is 0 Å². The molecule has 0 saturated carbocycles. The van der Waals surface area contributed by atoms with Crippen molar-refractivity contribution in [2.45, 2.75) is 18.7 Å². The topological polar surface area (TPSA) is 58.6 Å². The summed E-state index contributed by atoms with van der Waals surface area (Å²) in [6.45, 7) is 0.521. The van der Waals surface area contributed by atoms with Crippen LogP contribution < -0.4 is 10.1 Å². The van der Waals surface area contributed by atoms with Gasteiger partial charge in [0.05, 0.1) is 7.11 Å². The van der Waals surface area contributed by atoms with Crippen molar-refractivity contribution in [2.75, 3.05) is 13.3 Å². The van der Waals surface area contributed by atoms with Gasteiger partial charge < -0.3 is 9.63 Å². The Morgan fingerprint density at radius 2 is 1.46 bits per heavy atom. The first-order valence-electron chi connectivity index (χ1n) is 9.35. The first kappa shape index (κ1) is 20.3. The molecule has 0 aliphatic heterocycles. The predicted molar refractivity (Wildman–Crippen MR) is 114 cm³/mol. The summed E-state index contributed by atoms with van der Waals surface area (Å²) in [5, 5.41) is 3.31. The zero-order chi connectivity index (χ0) is 19.8. The lowest BCUT2D eigenvalue weighted by atomic mass is 10.2. The molecular formula is C23H26NO3P. The molecule has 2 N–H and O–H groups in total. The van der Waals surface area contributed by atoms with Gasteiger partial charge in [0.2, 0.25) is 7.37 Å². The summed E-state index contributed by atoms with van der Waals surface area (Å²) in [5.41, 5.74) is 2.92. The van der Waals surface area contributed by atoms with Gasteiger partial charge in [-0.3, -0.25) is 9.88 Å². The summed E-state index contributed by atoms with van der Waals surface area (Å²) in [7, 11) is -1.89. The lowest BCUT2D eigenvalue weighted by Gasteiger charge is -2.25. The quantitative estimate of drug-likeness (QED) is 0.501. The maximum absolute atomic E-state index is 13.3. The minimum atomic E-state index is -3.50. The van der Waals surface area contributed by atoms with Crippen LogP contribution >= 0.6 is 7.37 Å². The molecule has 146 valence electrons. The molecule has 0 spiro atoms. The van der Waals surface area contributed by atoms with Gasteiger partial charge in [0.1, 0.15) is 11.5 Å². The summed E-state index contributed by atoms with van der Waals surface area (Å²) in [5.74, 6) is 0.0879. The van der Waals surface area contributed by atoms with Gasteiger partial charge in [-0.05, 0) is 35.2 Å². The molecule has 0 fully saturated rings. The molecule has 28 heavy (non-hydrogen) atoms. The third-order valence-electron chi connectivity index (χ3n) is 4.74. The van der Waals surface area contributed by atoms with Crippen molar-refractivity contribution < 1.29 is 14.2 Å². The van der Waals surface area contributed by atoms with Crippen LogP contribution in [-0.4, -0.2) is 18.2 Å². The molecule has 0 aromatic heterocycles. The predicted octanol–water partition coefficient (Wildman–Crippen LogP) is 5.00. The standard InChI is InChI=1S/C23H26NO3P/c1-27-22-14-12-21(13-15-22)23(24-18-20-10-6-3-7-11-20)28(25,26)17-16-19-8-4-2-5-9-19/h2-15,23-24H,16-18H2,1H3,(H,25,26). The fraction of sp³-hybridized carbons (Fsp3) is 0.217. The first-order chi connectivity index (χ1) is 13.6. The van der Waals surface area contributed by atoms with Gasteiger partial charge in [0.25, 0.3) is 0 Å². The van der Waals surface area contributed by atoms with E-state index in [1.807, 2.05) is 84.9 Å². The van der Waals surface area contributed by atoms with E-state index in [0.29, 0.717) is 13.0 Å². The fourth-order valence-corrected chi connectivity index (χ4v) is 5.00. The maximum atomic E-state index is 13.3. The Morgan fingerprint density at radius 1 is 0.893 bits per heavy atom. The average Bonchev–Trinajstić information content (AvgIpc) is 2.74. The van der Waals surface area contributed by atoms with Gasteiger partial charge in [0, 0.05) is 12.7 Å². The number of methoxy groups -OCH3 is 1. The minimum absolute atomic E-state index is 0.218. The van der Waals surface area contributed by atoms with E-state index in [9.17, 15) is 9.46 Å². The van der Waals surface area contributed by atoms with Crippen LogP contribution in [0.5, 0.6) is 5.75 Å². The van der Waals surface area contributed by atoms with Gasteiger partial charge in [0.15, 0.2) is 0 Å².